The quantitative estimate of drug-likeness (QED) is 0.920. The van der Waals surface area contributed by atoms with Gasteiger partial charge in [-0.1, -0.05) is 0 Å². The maximum atomic E-state index is 4.77. The summed E-state index contributed by atoms with van der Waals surface area (Å²) in [4.78, 5) is 11.6. The highest BCUT2D eigenvalue weighted by molar-refractivity contribution is 5.67. The third kappa shape index (κ3) is 2.25. The summed E-state index contributed by atoms with van der Waals surface area (Å²) in [5.74, 6) is 1.93. The number of anilines is 2. The summed E-state index contributed by atoms with van der Waals surface area (Å²) in [6.07, 6.45) is 9.62. The average Bonchev–Trinajstić information content (AvgIpc) is 2.87. The van der Waals surface area contributed by atoms with E-state index in [0.717, 1.165) is 30.4 Å². The third-order valence-corrected chi connectivity index (χ3v) is 3.79. The minimum Gasteiger partial charge on any atom is -0.369 e. The van der Waals surface area contributed by atoms with Crippen molar-refractivity contribution in [2.75, 3.05) is 23.3 Å². The van der Waals surface area contributed by atoms with Gasteiger partial charge in [0.1, 0.15) is 5.82 Å². The van der Waals surface area contributed by atoms with E-state index in [1.54, 1.807) is 0 Å². The second-order valence-electron chi connectivity index (χ2n) is 5.18. The highest BCUT2D eigenvalue weighted by Crippen LogP contribution is 2.27. The SMILES string of the molecule is CCNc1cn2ccnc2c(N2CCCCC2C)n1. The third-order valence-electron chi connectivity index (χ3n) is 3.79. The molecule has 19 heavy (non-hydrogen) atoms. The molecule has 1 aliphatic rings. The first-order valence-electron chi connectivity index (χ1n) is 7.14. The molecule has 0 saturated carbocycles. The summed E-state index contributed by atoms with van der Waals surface area (Å²) in [6.45, 7) is 6.32. The molecule has 102 valence electrons. The molecule has 1 fully saturated rings. The standard InChI is InChI=1S/C14H21N5/c1-3-15-12-10-18-9-7-16-13(18)14(17-12)19-8-5-4-6-11(19)2/h7,9-11,15H,3-6,8H2,1-2H3. The Morgan fingerprint density at radius 1 is 1.42 bits per heavy atom. The van der Waals surface area contributed by atoms with Crippen LogP contribution in [0, 0.1) is 0 Å². The van der Waals surface area contributed by atoms with Gasteiger partial charge in [0.25, 0.3) is 0 Å². The van der Waals surface area contributed by atoms with Crippen LogP contribution in [0.4, 0.5) is 11.6 Å². The van der Waals surface area contributed by atoms with Crippen molar-refractivity contribution in [3.8, 4) is 0 Å². The molecule has 5 heteroatoms. The number of nitrogens with zero attached hydrogens (tertiary/aromatic N) is 4. The Bertz CT molecular complexity index is 562. The Kier molecular flexibility index (Phi) is 3.27. The van der Waals surface area contributed by atoms with Crippen molar-refractivity contribution in [3.05, 3.63) is 18.6 Å². The number of piperidine rings is 1. The Hall–Kier alpha value is -1.78. The van der Waals surface area contributed by atoms with Gasteiger partial charge in [-0.15, -0.1) is 0 Å². The molecular formula is C14H21N5. The van der Waals surface area contributed by atoms with Crippen LogP contribution in [0.3, 0.4) is 0 Å². The van der Waals surface area contributed by atoms with E-state index in [4.69, 9.17) is 4.98 Å². The molecule has 1 saturated heterocycles. The van der Waals surface area contributed by atoms with E-state index in [1.807, 2.05) is 18.6 Å². The van der Waals surface area contributed by atoms with Crippen molar-refractivity contribution < 1.29 is 0 Å². The van der Waals surface area contributed by atoms with Crippen molar-refractivity contribution in [3.63, 3.8) is 0 Å². The molecule has 1 aliphatic heterocycles. The Balaban J connectivity index is 2.06. The zero-order chi connectivity index (χ0) is 13.2. The number of nitrogens with one attached hydrogen (secondary N) is 1. The van der Waals surface area contributed by atoms with Crippen LogP contribution in [-0.2, 0) is 0 Å². The van der Waals surface area contributed by atoms with Gasteiger partial charge in [0.15, 0.2) is 11.5 Å². The van der Waals surface area contributed by atoms with E-state index >= 15 is 0 Å². The van der Waals surface area contributed by atoms with Gasteiger partial charge in [0.2, 0.25) is 0 Å². The lowest BCUT2D eigenvalue weighted by atomic mass is 10.0. The number of hydrogen-bond acceptors (Lipinski definition) is 4. The summed E-state index contributed by atoms with van der Waals surface area (Å²) in [7, 11) is 0. The van der Waals surface area contributed by atoms with Crippen molar-refractivity contribution in [1.29, 1.82) is 0 Å². The van der Waals surface area contributed by atoms with Crippen LogP contribution in [0.1, 0.15) is 33.1 Å². The molecule has 0 aliphatic carbocycles. The van der Waals surface area contributed by atoms with Crippen LogP contribution in [-0.4, -0.2) is 33.5 Å². The van der Waals surface area contributed by atoms with Gasteiger partial charge in [-0.2, -0.15) is 0 Å². The van der Waals surface area contributed by atoms with Gasteiger partial charge in [-0.3, -0.25) is 0 Å². The van der Waals surface area contributed by atoms with Crippen LogP contribution < -0.4 is 10.2 Å². The smallest absolute Gasteiger partial charge is 0.180 e. The first-order valence-corrected chi connectivity index (χ1v) is 7.14. The molecule has 1 atom stereocenters. The molecule has 0 bridgehead atoms. The molecule has 0 radical (unpaired) electrons. The van der Waals surface area contributed by atoms with Crippen molar-refractivity contribution in [2.24, 2.45) is 0 Å². The largest absolute Gasteiger partial charge is 0.369 e. The number of aromatic nitrogens is 3. The summed E-state index contributed by atoms with van der Waals surface area (Å²) in [5.41, 5.74) is 0.954. The zero-order valence-corrected chi connectivity index (χ0v) is 11.6. The molecule has 1 N–H and O–H groups in total. The fraction of sp³-hybridized carbons (Fsp3) is 0.571. The molecule has 2 aromatic rings. The number of rotatable bonds is 3. The minimum atomic E-state index is 0.540. The first-order chi connectivity index (χ1) is 9.29. The molecule has 1 unspecified atom stereocenters. The second-order valence-corrected chi connectivity index (χ2v) is 5.18. The van der Waals surface area contributed by atoms with Crippen LogP contribution in [0.25, 0.3) is 5.65 Å². The monoisotopic (exact) mass is 259 g/mol. The van der Waals surface area contributed by atoms with E-state index in [1.165, 1.54) is 19.3 Å². The van der Waals surface area contributed by atoms with Crippen LogP contribution in [0.5, 0.6) is 0 Å². The van der Waals surface area contributed by atoms with Crippen LogP contribution in [0.15, 0.2) is 18.6 Å². The van der Waals surface area contributed by atoms with Gasteiger partial charge in [-0.05, 0) is 33.1 Å². The van der Waals surface area contributed by atoms with Gasteiger partial charge in [0.05, 0.1) is 6.20 Å². The Morgan fingerprint density at radius 3 is 3.11 bits per heavy atom. The normalized spacial score (nSPS) is 19.9. The Morgan fingerprint density at radius 2 is 2.32 bits per heavy atom. The van der Waals surface area contributed by atoms with E-state index in [0.29, 0.717) is 6.04 Å². The summed E-state index contributed by atoms with van der Waals surface area (Å²) in [5, 5.41) is 3.30. The van der Waals surface area contributed by atoms with Gasteiger partial charge >= 0.3 is 0 Å². The second kappa shape index (κ2) is 5.07. The molecule has 0 spiro atoms. The van der Waals surface area contributed by atoms with Crippen LogP contribution in [0.2, 0.25) is 0 Å². The first kappa shape index (κ1) is 12.3. The predicted molar refractivity (Wildman–Crippen MR) is 77.8 cm³/mol. The van der Waals surface area contributed by atoms with E-state index in [2.05, 4.69) is 33.4 Å². The summed E-state index contributed by atoms with van der Waals surface area (Å²) >= 11 is 0. The fourth-order valence-electron chi connectivity index (χ4n) is 2.79. The topological polar surface area (TPSA) is 45.5 Å². The molecular weight excluding hydrogens is 238 g/mol. The summed E-state index contributed by atoms with van der Waals surface area (Å²) in [6, 6.07) is 0.540. The highest BCUT2D eigenvalue weighted by atomic mass is 15.3. The highest BCUT2D eigenvalue weighted by Gasteiger charge is 2.22. The maximum absolute atomic E-state index is 4.77. The Labute approximate surface area is 113 Å². The van der Waals surface area contributed by atoms with E-state index in [9.17, 15) is 0 Å². The molecule has 3 rings (SSSR count). The maximum Gasteiger partial charge on any atom is 0.180 e. The van der Waals surface area contributed by atoms with Crippen molar-refractivity contribution >= 4 is 17.3 Å². The average molecular weight is 259 g/mol. The molecule has 0 aromatic carbocycles. The summed E-state index contributed by atoms with van der Waals surface area (Å²) < 4.78 is 2.06. The molecule has 5 nitrogen and oxygen atoms in total. The predicted octanol–water partition coefficient (Wildman–Crippen LogP) is 2.54. The number of hydrogen-bond donors (Lipinski definition) is 1. The van der Waals surface area contributed by atoms with Gasteiger partial charge in [-0.25, -0.2) is 9.97 Å². The van der Waals surface area contributed by atoms with E-state index in [-0.39, 0.29) is 0 Å². The lowest BCUT2D eigenvalue weighted by Crippen LogP contribution is -2.38. The van der Waals surface area contributed by atoms with Crippen LogP contribution >= 0.6 is 0 Å². The molecule has 3 heterocycles. The molecule has 2 aromatic heterocycles. The van der Waals surface area contributed by atoms with Gasteiger partial charge < -0.3 is 14.6 Å². The molecule has 0 amide bonds. The fourth-order valence-corrected chi connectivity index (χ4v) is 2.79. The lowest BCUT2D eigenvalue weighted by Gasteiger charge is -2.34. The number of fused-ring (bicyclic) bond motifs is 1. The zero-order valence-electron chi connectivity index (χ0n) is 11.6. The minimum absolute atomic E-state index is 0.540. The number of imidazole rings is 1. The lowest BCUT2D eigenvalue weighted by molar-refractivity contribution is 0.482. The van der Waals surface area contributed by atoms with E-state index < -0.39 is 0 Å². The van der Waals surface area contributed by atoms with Gasteiger partial charge in [0, 0.05) is 31.5 Å². The van der Waals surface area contributed by atoms with Crippen molar-refractivity contribution in [1.82, 2.24) is 14.4 Å². The van der Waals surface area contributed by atoms with Crippen molar-refractivity contribution in [2.45, 2.75) is 39.2 Å².